The van der Waals surface area contributed by atoms with E-state index in [2.05, 4.69) is 9.71 Å². The zero-order valence-electron chi connectivity index (χ0n) is 11.3. The third kappa shape index (κ3) is 3.08. The Morgan fingerprint density at radius 2 is 1.95 bits per heavy atom. The summed E-state index contributed by atoms with van der Waals surface area (Å²) in [6.07, 6.45) is 1.44. The van der Waals surface area contributed by atoms with Gasteiger partial charge in [0, 0.05) is 11.9 Å². The summed E-state index contributed by atoms with van der Waals surface area (Å²) in [6, 6.07) is 3.73. The SMILES string of the molecule is Cc1cc(F)c(S(=O)(=O)Nc2c(C)ccnc2Cl)cc1N. The van der Waals surface area contributed by atoms with Gasteiger partial charge in [-0.25, -0.2) is 17.8 Å². The summed E-state index contributed by atoms with van der Waals surface area (Å²) in [5.41, 5.74) is 6.97. The minimum absolute atomic E-state index is 0.0148. The lowest BCUT2D eigenvalue weighted by atomic mass is 10.2. The number of halogens is 2. The average molecular weight is 330 g/mol. The van der Waals surface area contributed by atoms with Crippen molar-refractivity contribution >= 4 is 33.0 Å². The van der Waals surface area contributed by atoms with E-state index in [0.29, 0.717) is 11.1 Å². The van der Waals surface area contributed by atoms with Crippen LogP contribution in [-0.2, 0) is 10.0 Å². The first-order chi connectivity index (χ1) is 9.72. The van der Waals surface area contributed by atoms with E-state index < -0.39 is 20.7 Å². The van der Waals surface area contributed by atoms with Gasteiger partial charge in [-0.05, 0) is 43.2 Å². The number of hydrogen-bond donors (Lipinski definition) is 2. The first-order valence-electron chi connectivity index (χ1n) is 5.92. The lowest BCUT2D eigenvalue weighted by molar-refractivity contribution is 0.570. The van der Waals surface area contributed by atoms with Crippen molar-refractivity contribution in [3.05, 3.63) is 46.5 Å². The summed E-state index contributed by atoms with van der Waals surface area (Å²) in [5, 5.41) is -0.0148. The van der Waals surface area contributed by atoms with E-state index in [1.54, 1.807) is 19.9 Å². The van der Waals surface area contributed by atoms with Gasteiger partial charge in [0.05, 0.1) is 5.69 Å². The molecular formula is C13H13ClFN3O2S. The predicted molar refractivity (Wildman–Crippen MR) is 80.3 cm³/mol. The van der Waals surface area contributed by atoms with Crippen LogP contribution in [0.3, 0.4) is 0 Å². The maximum Gasteiger partial charge on any atom is 0.265 e. The number of nitrogens with one attached hydrogen (secondary N) is 1. The fraction of sp³-hybridized carbons (Fsp3) is 0.154. The van der Waals surface area contributed by atoms with E-state index in [9.17, 15) is 12.8 Å². The van der Waals surface area contributed by atoms with E-state index in [1.807, 2.05) is 0 Å². The van der Waals surface area contributed by atoms with Gasteiger partial charge < -0.3 is 5.73 Å². The summed E-state index contributed by atoms with van der Waals surface area (Å²) in [4.78, 5) is 3.25. The Bertz CT molecular complexity index is 789. The smallest absolute Gasteiger partial charge is 0.265 e. The van der Waals surface area contributed by atoms with E-state index >= 15 is 0 Å². The molecule has 0 spiro atoms. The van der Waals surface area contributed by atoms with Gasteiger partial charge in [-0.15, -0.1) is 0 Å². The highest BCUT2D eigenvalue weighted by atomic mass is 35.5. The second-order valence-electron chi connectivity index (χ2n) is 4.54. The second kappa shape index (κ2) is 5.50. The normalized spacial score (nSPS) is 11.4. The van der Waals surface area contributed by atoms with Crippen molar-refractivity contribution in [3.63, 3.8) is 0 Å². The van der Waals surface area contributed by atoms with Gasteiger partial charge >= 0.3 is 0 Å². The van der Waals surface area contributed by atoms with Gasteiger partial charge in [-0.3, -0.25) is 4.72 Å². The van der Waals surface area contributed by atoms with Crippen LogP contribution >= 0.6 is 11.6 Å². The fourth-order valence-electron chi connectivity index (χ4n) is 1.71. The number of hydrogen-bond acceptors (Lipinski definition) is 4. The zero-order chi connectivity index (χ0) is 15.8. The van der Waals surface area contributed by atoms with Crippen molar-refractivity contribution < 1.29 is 12.8 Å². The Morgan fingerprint density at radius 1 is 1.29 bits per heavy atom. The van der Waals surface area contributed by atoms with Crippen molar-refractivity contribution in [2.45, 2.75) is 18.7 Å². The molecule has 0 aliphatic heterocycles. The first-order valence-corrected chi connectivity index (χ1v) is 7.78. The van der Waals surface area contributed by atoms with Gasteiger partial charge in [0.1, 0.15) is 10.7 Å². The minimum atomic E-state index is -4.16. The highest BCUT2D eigenvalue weighted by Crippen LogP contribution is 2.28. The van der Waals surface area contributed by atoms with Gasteiger partial charge in [0.15, 0.2) is 5.15 Å². The molecule has 2 aromatic rings. The van der Waals surface area contributed by atoms with Crippen LogP contribution in [0.25, 0.3) is 0 Å². The molecule has 3 N–H and O–H groups in total. The molecule has 2 rings (SSSR count). The van der Waals surface area contributed by atoms with Crippen LogP contribution in [-0.4, -0.2) is 13.4 Å². The molecule has 8 heteroatoms. The largest absolute Gasteiger partial charge is 0.398 e. The molecule has 0 fully saturated rings. The van der Waals surface area contributed by atoms with Crippen LogP contribution in [0.2, 0.25) is 5.15 Å². The van der Waals surface area contributed by atoms with Crippen molar-refractivity contribution in [1.29, 1.82) is 0 Å². The Hall–Kier alpha value is -1.86. The molecular weight excluding hydrogens is 317 g/mol. The predicted octanol–water partition coefficient (Wildman–Crippen LogP) is 2.87. The molecule has 0 atom stereocenters. The molecule has 1 heterocycles. The van der Waals surface area contributed by atoms with Crippen molar-refractivity contribution in [2.75, 3.05) is 10.5 Å². The van der Waals surface area contributed by atoms with E-state index in [4.69, 9.17) is 17.3 Å². The monoisotopic (exact) mass is 329 g/mol. The van der Waals surface area contributed by atoms with Gasteiger partial charge in [0.25, 0.3) is 10.0 Å². The molecule has 21 heavy (non-hydrogen) atoms. The highest BCUT2D eigenvalue weighted by molar-refractivity contribution is 7.92. The molecule has 0 amide bonds. The average Bonchev–Trinajstić information content (AvgIpc) is 2.38. The van der Waals surface area contributed by atoms with Crippen LogP contribution in [0.4, 0.5) is 15.8 Å². The van der Waals surface area contributed by atoms with Crippen LogP contribution in [0.1, 0.15) is 11.1 Å². The minimum Gasteiger partial charge on any atom is -0.398 e. The Kier molecular flexibility index (Phi) is 4.06. The topological polar surface area (TPSA) is 85.1 Å². The molecule has 112 valence electrons. The molecule has 0 aliphatic carbocycles. The fourth-order valence-corrected chi connectivity index (χ4v) is 3.25. The summed E-state index contributed by atoms with van der Waals surface area (Å²) in [5.74, 6) is -0.883. The Balaban J connectivity index is 2.51. The maximum absolute atomic E-state index is 13.9. The van der Waals surface area contributed by atoms with Crippen LogP contribution in [0.5, 0.6) is 0 Å². The zero-order valence-corrected chi connectivity index (χ0v) is 12.9. The number of aryl methyl sites for hydroxylation is 2. The third-order valence-corrected chi connectivity index (χ3v) is 4.61. The van der Waals surface area contributed by atoms with Gasteiger partial charge in [-0.1, -0.05) is 11.6 Å². The maximum atomic E-state index is 13.9. The molecule has 0 bridgehead atoms. The summed E-state index contributed by atoms with van der Waals surface area (Å²) in [6.45, 7) is 3.25. The highest BCUT2D eigenvalue weighted by Gasteiger charge is 2.22. The quantitative estimate of drug-likeness (QED) is 0.669. The second-order valence-corrected chi connectivity index (χ2v) is 6.55. The van der Waals surface area contributed by atoms with Crippen LogP contribution < -0.4 is 10.5 Å². The number of benzene rings is 1. The molecule has 0 radical (unpaired) electrons. The van der Waals surface area contributed by atoms with E-state index in [0.717, 1.165) is 12.1 Å². The lowest BCUT2D eigenvalue weighted by Crippen LogP contribution is -2.16. The van der Waals surface area contributed by atoms with Crippen molar-refractivity contribution in [2.24, 2.45) is 0 Å². The standard InChI is InChI=1S/C13H13ClFN3O2S/c1-7-3-4-17-13(14)12(7)18-21(19,20)11-6-10(16)8(2)5-9(11)15/h3-6,18H,16H2,1-2H3. The molecule has 0 saturated carbocycles. The molecule has 1 aromatic heterocycles. The number of anilines is 2. The summed E-state index contributed by atoms with van der Waals surface area (Å²) < 4.78 is 40.7. The van der Waals surface area contributed by atoms with Gasteiger partial charge in [0.2, 0.25) is 0 Å². The Morgan fingerprint density at radius 3 is 2.57 bits per heavy atom. The first kappa shape index (κ1) is 15.5. The molecule has 0 saturated heterocycles. The van der Waals surface area contributed by atoms with Crippen molar-refractivity contribution in [1.82, 2.24) is 4.98 Å². The number of aromatic nitrogens is 1. The molecule has 0 unspecified atom stereocenters. The number of nitrogen functional groups attached to an aromatic ring is 1. The van der Waals surface area contributed by atoms with Crippen LogP contribution in [0, 0.1) is 19.7 Å². The van der Waals surface area contributed by atoms with Gasteiger partial charge in [-0.2, -0.15) is 0 Å². The number of nitrogens with two attached hydrogens (primary N) is 1. The Labute approximate surface area is 127 Å². The molecule has 0 aliphatic rings. The summed E-state index contributed by atoms with van der Waals surface area (Å²) in [7, 11) is -4.16. The number of rotatable bonds is 3. The third-order valence-electron chi connectivity index (χ3n) is 2.96. The molecule has 5 nitrogen and oxygen atoms in total. The van der Waals surface area contributed by atoms with Crippen LogP contribution in [0.15, 0.2) is 29.3 Å². The summed E-state index contributed by atoms with van der Waals surface area (Å²) >= 11 is 5.86. The molecule has 1 aromatic carbocycles. The number of sulfonamides is 1. The number of nitrogens with zero attached hydrogens (tertiary/aromatic N) is 1. The van der Waals surface area contributed by atoms with Crippen molar-refractivity contribution in [3.8, 4) is 0 Å². The van der Waals surface area contributed by atoms with E-state index in [-0.39, 0.29) is 16.5 Å². The van der Waals surface area contributed by atoms with E-state index in [1.165, 1.54) is 6.20 Å². The number of pyridine rings is 1. The lowest BCUT2D eigenvalue weighted by Gasteiger charge is -2.13.